The predicted molar refractivity (Wildman–Crippen MR) is 140 cm³/mol. The van der Waals surface area contributed by atoms with Gasteiger partial charge >= 0.3 is 0 Å². The third-order valence-corrected chi connectivity index (χ3v) is 12.6. The molecule has 194 valence electrons. The fourth-order valence-electron chi connectivity index (χ4n) is 5.00. The molecule has 0 saturated heterocycles. The molecular formula is C25H36O7S2Si. The van der Waals surface area contributed by atoms with E-state index in [-0.39, 0.29) is 11.0 Å². The highest BCUT2D eigenvalue weighted by Gasteiger charge is 2.50. The van der Waals surface area contributed by atoms with Crippen molar-refractivity contribution in [3.05, 3.63) is 60.7 Å². The van der Waals surface area contributed by atoms with Crippen molar-refractivity contribution >= 4 is 38.9 Å². The molecule has 2 unspecified atom stereocenters. The van der Waals surface area contributed by atoms with Gasteiger partial charge in [-0.05, 0) is 40.6 Å². The van der Waals surface area contributed by atoms with Crippen LogP contribution in [0.25, 0.3) is 0 Å². The largest absolute Gasteiger partial charge is 0.407 e. The van der Waals surface area contributed by atoms with E-state index >= 15 is 0 Å². The van der Waals surface area contributed by atoms with Crippen LogP contribution < -0.4 is 10.4 Å². The molecule has 10 heteroatoms. The van der Waals surface area contributed by atoms with Gasteiger partial charge in [0.2, 0.25) is 0 Å². The van der Waals surface area contributed by atoms with Gasteiger partial charge in [0.15, 0.2) is 0 Å². The molecule has 0 radical (unpaired) electrons. The van der Waals surface area contributed by atoms with E-state index in [0.717, 1.165) is 22.9 Å². The number of rotatable bonds is 9. The van der Waals surface area contributed by atoms with Crippen LogP contribution in [0.15, 0.2) is 60.7 Å². The van der Waals surface area contributed by atoms with Crippen molar-refractivity contribution < 1.29 is 29.6 Å². The summed E-state index contributed by atoms with van der Waals surface area (Å²) in [5.74, 6) is -0.0113. The molecule has 1 fully saturated rings. The molecule has 3 rings (SSSR count). The Labute approximate surface area is 211 Å². The van der Waals surface area contributed by atoms with Gasteiger partial charge in [-0.2, -0.15) is 16.8 Å². The summed E-state index contributed by atoms with van der Waals surface area (Å²) in [4.78, 5) is 0. The maximum absolute atomic E-state index is 11.9. The van der Waals surface area contributed by atoms with E-state index in [1.165, 1.54) is 0 Å². The highest BCUT2D eigenvalue weighted by molar-refractivity contribution is 7.86. The fraction of sp³-hybridized carbons (Fsp3) is 0.520. The minimum absolute atomic E-state index is 0.0113. The van der Waals surface area contributed by atoms with Crippen LogP contribution in [0.5, 0.6) is 0 Å². The Balaban J connectivity index is 1.91. The molecule has 0 amide bonds. The van der Waals surface area contributed by atoms with Gasteiger partial charge in [-0.3, -0.25) is 8.37 Å². The SMILES string of the molecule is CC(C)(C)[Si](OCC1CCC(OS(C)(=O)=O)[C@@H](OS(C)(=O)=O)C1)(c1ccccc1)c1ccccc1. The van der Waals surface area contributed by atoms with Gasteiger partial charge in [-0.1, -0.05) is 81.4 Å². The molecule has 0 heterocycles. The minimum Gasteiger partial charge on any atom is -0.407 e. The summed E-state index contributed by atoms with van der Waals surface area (Å²) >= 11 is 0. The highest BCUT2D eigenvalue weighted by atomic mass is 32.2. The van der Waals surface area contributed by atoms with Crippen LogP contribution in [-0.2, 0) is 33.0 Å². The lowest BCUT2D eigenvalue weighted by atomic mass is 9.86. The fourth-order valence-corrected chi connectivity index (χ4v) is 11.0. The van der Waals surface area contributed by atoms with Crippen molar-refractivity contribution in [2.24, 2.45) is 5.92 Å². The van der Waals surface area contributed by atoms with Crippen LogP contribution in [0, 0.1) is 5.92 Å². The van der Waals surface area contributed by atoms with Gasteiger partial charge < -0.3 is 4.43 Å². The third-order valence-electron chi connectivity index (χ3n) is 6.39. The van der Waals surface area contributed by atoms with Crippen molar-refractivity contribution in [1.29, 1.82) is 0 Å². The van der Waals surface area contributed by atoms with Crippen molar-refractivity contribution in [3.63, 3.8) is 0 Å². The molecule has 0 aromatic heterocycles. The van der Waals surface area contributed by atoms with Crippen LogP contribution in [0.3, 0.4) is 0 Å². The lowest BCUT2D eigenvalue weighted by molar-refractivity contribution is 0.00345. The second kappa shape index (κ2) is 10.8. The summed E-state index contributed by atoms with van der Waals surface area (Å²) in [5.41, 5.74) is 0. The van der Waals surface area contributed by atoms with E-state index in [1.807, 2.05) is 36.4 Å². The standard InChI is InChI=1S/C25H36O7S2Si/c1-25(2,3)35(21-12-8-6-9-13-21,22-14-10-7-11-15-22)30-19-20-16-17-23(31-33(4,26)27)24(18-20)32-34(5,28)29/h6-15,20,23-24H,16-19H2,1-5H3/t20?,23?,24-/m0/s1. The molecule has 35 heavy (non-hydrogen) atoms. The predicted octanol–water partition coefficient (Wildman–Crippen LogP) is 3.05. The van der Waals surface area contributed by atoms with E-state index in [1.54, 1.807) is 0 Å². The first-order valence-electron chi connectivity index (χ1n) is 11.7. The van der Waals surface area contributed by atoms with Gasteiger partial charge in [0.05, 0.1) is 12.5 Å². The Hall–Kier alpha value is -1.56. The molecule has 2 aromatic rings. The second-order valence-corrected chi connectivity index (χ2v) is 17.8. The maximum atomic E-state index is 11.9. The highest BCUT2D eigenvalue weighted by Crippen LogP contribution is 2.38. The molecule has 1 saturated carbocycles. The zero-order chi connectivity index (χ0) is 25.9. The zero-order valence-electron chi connectivity index (χ0n) is 21.0. The molecule has 0 spiro atoms. The molecule has 0 aliphatic heterocycles. The Morgan fingerprint density at radius 2 is 1.23 bits per heavy atom. The molecular weight excluding hydrogens is 504 g/mol. The van der Waals surface area contributed by atoms with Crippen molar-refractivity contribution in [1.82, 2.24) is 0 Å². The summed E-state index contributed by atoms with van der Waals surface area (Å²) in [6.07, 6.45) is 1.52. The first-order valence-corrected chi connectivity index (χ1v) is 17.3. The summed E-state index contributed by atoms with van der Waals surface area (Å²) in [6, 6.07) is 20.6. The average molecular weight is 541 g/mol. The topological polar surface area (TPSA) is 96.0 Å². The molecule has 0 N–H and O–H groups in total. The zero-order valence-corrected chi connectivity index (χ0v) is 23.6. The first-order chi connectivity index (χ1) is 16.2. The van der Waals surface area contributed by atoms with E-state index in [2.05, 4.69) is 45.0 Å². The quantitative estimate of drug-likeness (QED) is 0.356. The summed E-state index contributed by atoms with van der Waals surface area (Å²) < 4.78 is 64.7. The van der Waals surface area contributed by atoms with Gasteiger partial charge in [-0.15, -0.1) is 0 Å². The Bertz CT molecular complexity index is 1140. The second-order valence-electron chi connectivity index (χ2n) is 10.3. The molecule has 1 aliphatic rings. The molecule has 0 bridgehead atoms. The van der Waals surface area contributed by atoms with Gasteiger partial charge in [0.1, 0.15) is 12.2 Å². The van der Waals surface area contributed by atoms with Crippen LogP contribution in [-0.4, -0.2) is 56.5 Å². The Morgan fingerprint density at radius 1 is 0.771 bits per heavy atom. The molecule has 2 aromatic carbocycles. The van der Waals surface area contributed by atoms with Gasteiger partial charge in [0.25, 0.3) is 28.6 Å². The van der Waals surface area contributed by atoms with E-state index in [0.29, 0.717) is 25.9 Å². The van der Waals surface area contributed by atoms with Crippen molar-refractivity contribution in [3.8, 4) is 0 Å². The number of hydrogen-bond acceptors (Lipinski definition) is 7. The molecule has 3 atom stereocenters. The maximum Gasteiger partial charge on any atom is 0.264 e. The van der Waals surface area contributed by atoms with Crippen LogP contribution >= 0.6 is 0 Å². The summed E-state index contributed by atoms with van der Waals surface area (Å²) in [5, 5.41) is 2.14. The van der Waals surface area contributed by atoms with Crippen LogP contribution in [0.4, 0.5) is 0 Å². The summed E-state index contributed by atoms with van der Waals surface area (Å²) in [7, 11) is -10.3. The van der Waals surface area contributed by atoms with Crippen LogP contribution in [0.1, 0.15) is 40.0 Å². The van der Waals surface area contributed by atoms with Crippen LogP contribution in [0.2, 0.25) is 5.04 Å². The van der Waals surface area contributed by atoms with E-state index in [9.17, 15) is 16.8 Å². The Morgan fingerprint density at radius 3 is 1.66 bits per heavy atom. The van der Waals surface area contributed by atoms with Gasteiger partial charge in [-0.25, -0.2) is 0 Å². The van der Waals surface area contributed by atoms with Gasteiger partial charge in [0, 0.05) is 6.61 Å². The van der Waals surface area contributed by atoms with E-state index in [4.69, 9.17) is 12.8 Å². The average Bonchev–Trinajstić information content (AvgIpc) is 2.74. The summed E-state index contributed by atoms with van der Waals surface area (Å²) in [6.45, 7) is 7.01. The number of benzene rings is 2. The van der Waals surface area contributed by atoms with E-state index < -0.39 is 40.8 Å². The van der Waals surface area contributed by atoms with Crippen molar-refractivity contribution in [2.45, 2.75) is 57.3 Å². The number of hydrogen-bond donors (Lipinski definition) is 0. The smallest absolute Gasteiger partial charge is 0.264 e. The normalized spacial score (nSPS) is 22.1. The molecule has 1 aliphatic carbocycles. The minimum atomic E-state index is -3.80. The lowest BCUT2D eigenvalue weighted by Crippen LogP contribution is -2.67. The lowest BCUT2D eigenvalue weighted by Gasteiger charge is -2.44. The van der Waals surface area contributed by atoms with Crippen molar-refractivity contribution in [2.75, 3.05) is 19.1 Å². The molecule has 7 nitrogen and oxygen atoms in total. The monoisotopic (exact) mass is 540 g/mol. The Kier molecular flexibility index (Phi) is 8.66. The first kappa shape index (κ1) is 28.0. The third kappa shape index (κ3) is 7.24.